The third-order valence-electron chi connectivity index (χ3n) is 3.27. The Hall–Kier alpha value is -0.620. The van der Waals surface area contributed by atoms with Crippen LogP contribution < -0.4 is 0 Å². The average molecular weight is 349 g/mol. The van der Waals surface area contributed by atoms with Gasteiger partial charge in [-0.2, -0.15) is 0 Å². The first-order valence-electron chi connectivity index (χ1n) is 8.10. The summed E-state index contributed by atoms with van der Waals surface area (Å²) in [5.74, 6) is 0. The van der Waals surface area contributed by atoms with Crippen molar-refractivity contribution >= 4 is 34.8 Å². The SMILES string of the molecule is CCCCCCCCC(COC(=S)N(C)C)OC(=S)N(C)C. The van der Waals surface area contributed by atoms with E-state index in [4.69, 9.17) is 33.9 Å². The number of thiocarbonyl (C=S) groups is 2. The van der Waals surface area contributed by atoms with Crippen LogP contribution in [0.3, 0.4) is 0 Å². The van der Waals surface area contributed by atoms with Crippen molar-refractivity contribution in [1.29, 1.82) is 0 Å². The van der Waals surface area contributed by atoms with Crippen LogP contribution >= 0.6 is 24.4 Å². The normalized spacial score (nSPS) is 11.7. The Balaban J connectivity index is 4.16. The third-order valence-corrected chi connectivity index (χ3v) is 4.21. The van der Waals surface area contributed by atoms with Crippen molar-refractivity contribution in [3.05, 3.63) is 0 Å². The molecule has 1 atom stereocenters. The minimum absolute atomic E-state index is 0.0426. The molecule has 0 aliphatic heterocycles. The topological polar surface area (TPSA) is 24.9 Å². The lowest BCUT2D eigenvalue weighted by atomic mass is 10.1. The van der Waals surface area contributed by atoms with Crippen molar-refractivity contribution in [2.24, 2.45) is 0 Å². The summed E-state index contributed by atoms with van der Waals surface area (Å²) in [5, 5.41) is 0.975. The Morgan fingerprint density at radius 2 is 1.41 bits per heavy atom. The quantitative estimate of drug-likeness (QED) is 0.439. The second kappa shape index (κ2) is 12.9. The molecule has 0 spiro atoms. The van der Waals surface area contributed by atoms with Gasteiger partial charge in [0.15, 0.2) is 0 Å². The molecule has 0 saturated carbocycles. The van der Waals surface area contributed by atoms with Crippen LogP contribution in [0.5, 0.6) is 0 Å². The molecule has 6 heteroatoms. The van der Waals surface area contributed by atoms with Crippen molar-refractivity contribution in [1.82, 2.24) is 9.80 Å². The van der Waals surface area contributed by atoms with Gasteiger partial charge in [-0.05, 0) is 37.3 Å². The van der Waals surface area contributed by atoms with Crippen LogP contribution in [0, 0.1) is 0 Å². The second-order valence-corrected chi connectivity index (χ2v) is 6.63. The largest absolute Gasteiger partial charge is 0.467 e. The van der Waals surface area contributed by atoms with Crippen LogP contribution in [0.25, 0.3) is 0 Å². The predicted molar refractivity (Wildman–Crippen MR) is 101 cm³/mol. The fourth-order valence-corrected chi connectivity index (χ4v) is 2.07. The van der Waals surface area contributed by atoms with E-state index in [0.717, 1.165) is 12.8 Å². The van der Waals surface area contributed by atoms with Gasteiger partial charge in [0, 0.05) is 28.2 Å². The molecule has 0 fully saturated rings. The molecule has 0 aromatic rings. The zero-order chi connectivity index (χ0) is 17.0. The van der Waals surface area contributed by atoms with Crippen molar-refractivity contribution in [2.45, 2.75) is 58.0 Å². The summed E-state index contributed by atoms with van der Waals surface area (Å²) in [6.07, 6.45) is 8.46. The van der Waals surface area contributed by atoms with E-state index in [2.05, 4.69) is 6.92 Å². The van der Waals surface area contributed by atoms with E-state index in [1.807, 2.05) is 28.2 Å². The molecule has 0 radical (unpaired) electrons. The number of ether oxygens (including phenoxy) is 2. The molecule has 0 aliphatic rings. The zero-order valence-electron chi connectivity index (χ0n) is 14.8. The van der Waals surface area contributed by atoms with E-state index in [0.29, 0.717) is 17.0 Å². The van der Waals surface area contributed by atoms with E-state index in [-0.39, 0.29) is 6.10 Å². The zero-order valence-corrected chi connectivity index (χ0v) is 16.4. The second-order valence-electron chi connectivity index (χ2n) is 5.93. The van der Waals surface area contributed by atoms with E-state index < -0.39 is 0 Å². The third kappa shape index (κ3) is 11.0. The monoisotopic (exact) mass is 348 g/mol. The lowest BCUT2D eigenvalue weighted by Crippen LogP contribution is -2.33. The van der Waals surface area contributed by atoms with Gasteiger partial charge in [-0.1, -0.05) is 39.0 Å². The van der Waals surface area contributed by atoms with Gasteiger partial charge in [-0.15, -0.1) is 0 Å². The predicted octanol–water partition coefficient (Wildman–Crippen LogP) is 3.83. The number of nitrogens with zero attached hydrogens (tertiary/aromatic N) is 2. The first kappa shape index (κ1) is 21.4. The summed E-state index contributed by atoms with van der Waals surface area (Å²) in [6.45, 7) is 2.68. The highest BCUT2D eigenvalue weighted by atomic mass is 32.1. The van der Waals surface area contributed by atoms with Gasteiger partial charge in [0.2, 0.25) is 0 Å². The standard InChI is InChI=1S/C16H32N2O2S2/c1-6-7-8-9-10-11-12-14(20-16(22)18(4)5)13-19-15(21)17(2)3/h14H,6-13H2,1-5H3. The van der Waals surface area contributed by atoms with Crippen LogP contribution in [0.2, 0.25) is 0 Å². The highest BCUT2D eigenvalue weighted by Gasteiger charge is 2.15. The number of rotatable bonds is 10. The molecule has 0 bridgehead atoms. The van der Waals surface area contributed by atoms with Gasteiger partial charge >= 0.3 is 0 Å². The average Bonchev–Trinajstić information content (AvgIpc) is 2.47. The van der Waals surface area contributed by atoms with Gasteiger partial charge in [0.1, 0.15) is 12.7 Å². The van der Waals surface area contributed by atoms with Gasteiger partial charge in [-0.3, -0.25) is 0 Å². The molecule has 4 nitrogen and oxygen atoms in total. The minimum Gasteiger partial charge on any atom is -0.467 e. The smallest absolute Gasteiger partial charge is 0.259 e. The first-order chi connectivity index (χ1) is 10.4. The summed E-state index contributed by atoms with van der Waals surface area (Å²) in [6, 6.07) is 0. The van der Waals surface area contributed by atoms with Crippen molar-refractivity contribution in [3.63, 3.8) is 0 Å². The van der Waals surface area contributed by atoms with Gasteiger partial charge < -0.3 is 19.3 Å². The fraction of sp³-hybridized carbons (Fsp3) is 0.875. The number of hydrogen-bond acceptors (Lipinski definition) is 4. The molecule has 0 saturated heterocycles. The van der Waals surface area contributed by atoms with Crippen LogP contribution in [-0.2, 0) is 9.47 Å². The lowest BCUT2D eigenvalue weighted by molar-refractivity contribution is 0.0874. The van der Waals surface area contributed by atoms with Crippen LogP contribution in [0.4, 0.5) is 0 Å². The molecule has 1 unspecified atom stereocenters. The van der Waals surface area contributed by atoms with E-state index in [1.54, 1.807) is 9.80 Å². The molecule has 130 valence electrons. The molecule has 0 aromatic heterocycles. The maximum absolute atomic E-state index is 5.82. The molecule has 0 heterocycles. The van der Waals surface area contributed by atoms with Gasteiger partial charge in [0.25, 0.3) is 10.3 Å². The summed E-state index contributed by atoms with van der Waals surface area (Å²) in [5.41, 5.74) is 0. The summed E-state index contributed by atoms with van der Waals surface area (Å²) in [7, 11) is 7.51. The molecular weight excluding hydrogens is 316 g/mol. The van der Waals surface area contributed by atoms with E-state index in [9.17, 15) is 0 Å². The Morgan fingerprint density at radius 1 is 0.864 bits per heavy atom. The first-order valence-corrected chi connectivity index (χ1v) is 8.92. The molecular formula is C16H32N2O2S2. The van der Waals surface area contributed by atoms with Crippen molar-refractivity contribution in [3.8, 4) is 0 Å². The highest BCUT2D eigenvalue weighted by molar-refractivity contribution is 7.80. The van der Waals surface area contributed by atoms with Crippen LogP contribution in [0.1, 0.15) is 51.9 Å². The van der Waals surface area contributed by atoms with Gasteiger partial charge in [-0.25, -0.2) is 0 Å². The molecule has 0 rings (SSSR count). The number of hydrogen-bond donors (Lipinski definition) is 0. The Kier molecular flexibility index (Phi) is 12.5. The maximum Gasteiger partial charge on any atom is 0.259 e. The fourth-order valence-electron chi connectivity index (χ4n) is 1.87. The van der Waals surface area contributed by atoms with Crippen LogP contribution in [0.15, 0.2) is 0 Å². The summed E-state index contributed by atoms with van der Waals surface area (Å²) >= 11 is 10.4. The van der Waals surface area contributed by atoms with E-state index in [1.165, 1.54) is 32.1 Å². The Morgan fingerprint density at radius 3 is 1.95 bits per heavy atom. The molecule has 0 aromatic carbocycles. The molecule has 0 aliphatic carbocycles. The van der Waals surface area contributed by atoms with Crippen molar-refractivity contribution < 1.29 is 9.47 Å². The maximum atomic E-state index is 5.82. The highest BCUT2D eigenvalue weighted by Crippen LogP contribution is 2.12. The minimum atomic E-state index is -0.0426. The molecule has 0 N–H and O–H groups in total. The Bertz CT molecular complexity index is 323. The lowest BCUT2D eigenvalue weighted by Gasteiger charge is -2.24. The van der Waals surface area contributed by atoms with Crippen LogP contribution in [-0.4, -0.2) is 61.1 Å². The van der Waals surface area contributed by atoms with Gasteiger partial charge in [0.05, 0.1) is 0 Å². The summed E-state index contributed by atoms with van der Waals surface area (Å²) < 4.78 is 11.4. The molecule has 0 amide bonds. The summed E-state index contributed by atoms with van der Waals surface area (Å²) in [4.78, 5) is 3.58. The van der Waals surface area contributed by atoms with E-state index >= 15 is 0 Å². The Labute approximate surface area is 147 Å². The number of unbranched alkanes of at least 4 members (excludes halogenated alkanes) is 5. The van der Waals surface area contributed by atoms with Crippen molar-refractivity contribution in [2.75, 3.05) is 34.8 Å². The molecule has 22 heavy (non-hydrogen) atoms.